The number of carbonyl (C=O) groups is 2. The number of likely N-dealkylation sites (tertiary alicyclic amines) is 1. The molecule has 2 amide bonds. The Balaban J connectivity index is 1.24. The molecule has 0 bridgehead atoms. The molecule has 0 saturated carbocycles. The predicted octanol–water partition coefficient (Wildman–Crippen LogP) is 7.60. The minimum Gasteiger partial charge on any atom is -0.459 e. The molecule has 6 rings (SSSR count). The van der Waals surface area contributed by atoms with Crippen LogP contribution in [0.5, 0.6) is 0 Å². The van der Waals surface area contributed by atoms with E-state index in [1.165, 1.54) is 11.0 Å². The summed E-state index contributed by atoms with van der Waals surface area (Å²) >= 11 is 6.16. The second kappa shape index (κ2) is 12.5. The van der Waals surface area contributed by atoms with Crippen LogP contribution in [0.1, 0.15) is 34.5 Å². The molecule has 3 aromatic carbocycles. The van der Waals surface area contributed by atoms with Gasteiger partial charge in [-0.25, -0.2) is 13.8 Å². The number of fused-ring (bicyclic) bond motifs is 1. The Kier molecular flexibility index (Phi) is 8.36. The van der Waals surface area contributed by atoms with E-state index < -0.39 is 5.92 Å². The quantitative estimate of drug-likeness (QED) is 0.181. The van der Waals surface area contributed by atoms with Crippen LogP contribution in [0.3, 0.4) is 0 Å². The fraction of sp³-hybridized carbons (Fsp3) is 0.171. The fourth-order valence-corrected chi connectivity index (χ4v) is 5.38. The number of alkyl halides is 2. The van der Waals surface area contributed by atoms with E-state index in [0.29, 0.717) is 27.7 Å². The molecule has 3 N–H and O–H groups in total. The lowest BCUT2D eigenvalue weighted by Crippen LogP contribution is -2.42. The average molecular weight is 627 g/mol. The van der Waals surface area contributed by atoms with Gasteiger partial charge in [0.25, 0.3) is 11.8 Å². The summed E-state index contributed by atoms with van der Waals surface area (Å²) in [6.45, 7) is 0.245. The number of pyridine rings is 1. The normalized spacial score (nSPS) is 14.6. The van der Waals surface area contributed by atoms with Crippen molar-refractivity contribution in [1.29, 1.82) is 0 Å². The van der Waals surface area contributed by atoms with Crippen LogP contribution in [-0.4, -0.2) is 40.7 Å². The van der Waals surface area contributed by atoms with E-state index in [2.05, 4.69) is 10.3 Å². The summed E-state index contributed by atoms with van der Waals surface area (Å²) in [5.74, 6) is -2.29. The maximum atomic E-state index is 13.6. The SMILES string of the molecule is Nc1ccc(C=CC(=O)NCc2cc3cc(-c4ccc(C(=O)N5CCC(F)(F)CC5)cc4)cc(-c4ccc(Cl)cc4)c3o2)cn1. The molecule has 3 heterocycles. The molecule has 0 atom stereocenters. The van der Waals surface area contributed by atoms with Gasteiger partial charge in [0.15, 0.2) is 0 Å². The van der Waals surface area contributed by atoms with Gasteiger partial charge in [0, 0.05) is 59.7 Å². The van der Waals surface area contributed by atoms with Crippen LogP contribution in [-0.2, 0) is 11.3 Å². The van der Waals surface area contributed by atoms with Crippen LogP contribution in [0.2, 0.25) is 5.02 Å². The van der Waals surface area contributed by atoms with Gasteiger partial charge in [-0.1, -0.05) is 35.9 Å². The Morgan fingerprint density at radius 1 is 0.956 bits per heavy atom. The monoisotopic (exact) mass is 626 g/mol. The highest BCUT2D eigenvalue weighted by Gasteiger charge is 2.35. The third kappa shape index (κ3) is 7.05. The van der Waals surface area contributed by atoms with Crippen LogP contribution in [0, 0.1) is 0 Å². The number of hydrogen-bond acceptors (Lipinski definition) is 5. The van der Waals surface area contributed by atoms with Crippen molar-refractivity contribution in [1.82, 2.24) is 15.2 Å². The van der Waals surface area contributed by atoms with Gasteiger partial charge in [0.05, 0.1) is 6.54 Å². The third-order valence-corrected chi connectivity index (χ3v) is 8.00. The molecular formula is C35H29ClF2N4O3. The van der Waals surface area contributed by atoms with Gasteiger partial charge < -0.3 is 20.4 Å². The van der Waals surface area contributed by atoms with E-state index in [4.69, 9.17) is 21.8 Å². The van der Waals surface area contributed by atoms with Crippen LogP contribution in [0.4, 0.5) is 14.6 Å². The van der Waals surface area contributed by atoms with Crippen LogP contribution >= 0.6 is 11.6 Å². The van der Waals surface area contributed by atoms with E-state index in [0.717, 1.165) is 33.2 Å². The number of rotatable bonds is 7. The molecular weight excluding hydrogens is 598 g/mol. The molecule has 0 radical (unpaired) electrons. The predicted molar refractivity (Wildman–Crippen MR) is 172 cm³/mol. The summed E-state index contributed by atoms with van der Waals surface area (Å²) in [7, 11) is 0. The van der Waals surface area contributed by atoms with Crippen molar-refractivity contribution in [3.63, 3.8) is 0 Å². The molecule has 1 aliphatic heterocycles. The number of furan rings is 1. The number of anilines is 1. The number of halogens is 3. The Morgan fingerprint density at radius 2 is 1.67 bits per heavy atom. The summed E-state index contributed by atoms with van der Waals surface area (Å²) < 4.78 is 33.4. The van der Waals surface area contributed by atoms with Crippen molar-refractivity contribution in [2.24, 2.45) is 0 Å². The Hall–Kier alpha value is -5.02. The number of nitrogens with one attached hydrogen (secondary N) is 1. The molecule has 5 aromatic rings. The molecule has 1 saturated heterocycles. The van der Waals surface area contributed by atoms with Crippen LogP contribution < -0.4 is 11.1 Å². The van der Waals surface area contributed by atoms with Gasteiger partial charge in [-0.15, -0.1) is 0 Å². The van der Waals surface area contributed by atoms with Crippen LogP contribution in [0.25, 0.3) is 39.3 Å². The zero-order chi connectivity index (χ0) is 31.6. The van der Waals surface area contributed by atoms with Gasteiger partial charge >= 0.3 is 0 Å². The van der Waals surface area contributed by atoms with Crippen molar-refractivity contribution in [3.8, 4) is 22.3 Å². The topological polar surface area (TPSA) is 101 Å². The maximum Gasteiger partial charge on any atom is 0.253 e. The molecule has 7 nitrogen and oxygen atoms in total. The summed E-state index contributed by atoms with van der Waals surface area (Å²) in [6.07, 6.45) is 4.01. The van der Waals surface area contributed by atoms with E-state index in [9.17, 15) is 18.4 Å². The zero-order valence-electron chi connectivity index (χ0n) is 24.1. The minimum absolute atomic E-state index is 0.0360. The first-order chi connectivity index (χ1) is 21.6. The number of amides is 2. The van der Waals surface area contributed by atoms with E-state index >= 15 is 0 Å². The minimum atomic E-state index is -2.72. The van der Waals surface area contributed by atoms with E-state index in [1.54, 1.807) is 48.7 Å². The molecule has 45 heavy (non-hydrogen) atoms. The summed E-state index contributed by atoms with van der Waals surface area (Å²) in [5.41, 5.74) is 10.9. The second-order valence-electron chi connectivity index (χ2n) is 11.0. The Bertz CT molecular complexity index is 1880. The molecule has 228 valence electrons. The number of aromatic nitrogens is 1. The van der Waals surface area contributed by atoms with Crippen molar-refractivity contribution in [3.05, 3.63) is 113 Å². The highest BCUT2D eigenvalue weighted by molar-refractivity contribution is 6.30. The number of nitrogens with two attached hydrogens (primary N) is 1. The van der Waals surface area contributed by atoms with Crippen molar-refractivity contribution < 1.29 is 22.8 Å². The van der Waals surface area contributed by atoms with E-state index in [1.807, 2.05) is 42.5 Å². The van der Waals surface area contributed by atoms with Gasteiger partial charge in [-0.2, -0.15) is 0 Å². The average Bonchev–Trinajstić information content (AvgIpc) is 3.46. The highest BCUT2D eigenvalue weighted by atomic mass is 35.5. The first-order valence-corrected chi connectivity index (χ1v) is 14.8. The first kappa shape index (κ1) is 30.0. The molecule has 0 spiro atoms. The lowest BCUT2D eigenvalue weighted by atomic mass is 9.96. The van der Waals surface area contributed by atoms with Crippen LogP contribution in [0.15, 0.2) is 95.6 Å². The van der Waals surface area contributed by atoms with Crippen molar-refractivity contribution in [2.45, 2.75) is 25.3 Å². The van der Waals surface area contributed by atoms with Gasteiger partial charge in [0.1, 0.15) is 17.2 Å². The largest absolute Gasteiger partial charge is 0.459 e. The lowest BCUT2D eigenvalue weighted by Gasteiger charge is -2.31. The van der Waals surface area contributed by atoms with Gasteiger partial charge in [-0.05, 0) is 82.9 Å². The molecule has 1 fully saturated rings. The Labute approximate surface area is 263 Å². The maximum absolute atomic E-state index is 13.6. The zero-order valence-corrected chi connectivity index (χ0v) is 24.9. The summed E-state index contributed by atoms with van der Waals surface area (Å²) in [4.78, 5) is 30.9. The molecule has 1 aliphatic rings. The summed E-state index contributed by atoms with van der Waals surface area (Å²) in [6, 6.07) is 23.9. The number of carbonyl (C=O) groups excluding carboxylic acids is 2. The van der Waals surface area contributed by atoms with E-state index in [-0.39, 0.29) is 44.3 Å². The van der Waals surface area contributed by atoms with Crippen molar-refractivity contribution >= 4 is 46.3 Å². The highest BCUT2D eigenvalue weighted by Crippen LogP contribution is 2.37. The Morgan fingerprint density at radius 3 is 2.36 bits per heavy atom. The second-order valence-corrected chi connectivity index (χ2v) is 11.4. The number of nitrogens with zero attached hydrogens (tertiary/aromatic N) is 2. The number of nitrogen functional groups attached to an aromatic ring is 1. The standard InChI is InChI=1S/C35H29ClF2N4O3/c36-28-9-7-24(8-10-28)30-19-26(23-3-5-25(6-4-23)34(44)42-15-13-35(37,38)14-16-42)17-27-18-29(45-33(27)30)21-41-32(43)12-2-22-1-11-31(39)40-20-22/h1-12,17-20H,13-16,21H2,(H2,39,40)(H,41,43). The molecule has 0 aliphatic carbocycles. The van der Waals surface area contributed by atoms with Gasteiger partial charge in [0.2, 0.25) is 5.91 Å². The summed E-state index contributed by atoms with van der Waals surface area (Å²) in [5, 5.41) is 4.28. The first-order valence-electron chi connectivity index (χ1n) is 14.4. The number of hydrogen-bond donors (Lipinski definition) is 2. The number of benzene rings is 3. The fourth-order valence-electron chi connectivity index (χ4n) is 5.25. The van der Waals surface area contributed by atoms with Gasteiger partial charge in [-0.3, -0.25) is 9.59 Å². The molecule has 10 heteroatoms. The van der Waals surface area contributed by atoms with Crippen molar-refractivity contribution in [2.75, 3.05) is 18.8 Å². The molecule has 0 unspecified atom stereocenters. The third-order valence-electron chi connectivity index (χ3n) is 7.74. The smallest absolute Gasteiger partial charge is 0.253 e. The number of piperidine rings is 1. The lowest BCUT2D eigenvalue weighted by molar-refractivity contribution is -0.116. The molecule has 2 aromatic heterocycles.